The minimum absolute atomic E-state index is 0.131. The number of hydrogen-bond acceptors (Lipinski definition) is 4. The van der Waals surface area contributed by atoms with Crippen molar-refractivity contribution in [3.63, 3.8) is 0 Å². The van der Waals surface area contributed by atoms with Gasteiger partial charge < -0.3 is 10.1 Å². The number of nitrogens with one attached hydrogen (secondary N) is 2. The molecule has 1 unspecified atom stereocenters. The van der Waals surface area contributed by atoms with E-state index < -0.39 is 22.0 Å². The van der Waals surface area contributed by atoms with Crippen LogP contribution in [0, 0.1) is 0 Å². The average Bonchev–Trinajstić information content (AvgIpc) is 2.39. The first-order valence-electron chi connectivity index (χ1n) is 5.81. The molecule has 1 atom stereocenters. The molecule has 0 fully saturated rings. The molecule has 0 aliphatic carbocycles. The molecule has 0 radical (unpaired) electrons. The van der Waals surface area contributed by atoms with Crippen LogP contribution in [0.2, 0.25) is 0 Å². The summed E-state index contributed by atoms with van der Waals surface area (Å²) < 4.78 is 31.0. The van der Waals surface area contributed by atoms with Gasteiger partial charge >= 0.3 is 0 Å². The second-order valence-electron chi connectivity index (χ2n) is 3.94. The van der Waals surface area contributed by atoms with Gasteiger partial charge in [0.15, 0.2) is 0 Å². The van der Waals surface area contributed by atoms with Gasteiger partial charge in [-0.2, -0.15) is 4.72 Å². The lowest BCUT2D eigenvalue weighted by Gasteiger charge is -2.14. The SMILES string of the molecule is COCCNC(=O)C(C)NS(=O)(=O)c1ccccc1. The summed E-state index contributed by atoms with van der Waals surface area (Å²) in [4.78, 5) is 11.8. The van der Waals surface area contributed by atoms with Crippen molar-refractivity contribution in [1.29, 1.82) is 0 Å². The van der Waals surface area contributed by atoms with E-state index in [1.54, 1.807) is 18.2 Å². The Morgan fingerprint density at radius 2 is 1.95 bits per heavy atom. The Morgan fingerprint density at radius 3 is 2.53 bits per heavy atom. The van der Waals surface area contributed by atoms with E-state index in [9.17, 15) is 13.2 Å². The van der Waals surface area contributed by atoms with Gasteiger partial charge in [0.2, 0.25) is 15.9 Å². The van der Waals surface area contributed by atoms with Crippen LogP contribution >= 0.6 is 0 Å². The lowest BCUT2D eigenvalue weighted by Crippen LogP contribution is -2.45. The van der Waals surface area contributed by atoms with Crippen molar-refractivity contribution in [2.45, 2.75) is 17.9 Å². The van der Waals surface area contributed by atoms with Crippen LogP contribution in [0.25, 0.3) is 0 Å². The van der Waals surface area contributed by atoms with Crippen LogP contribution in [-0.2, 0) is 19.6 Å². The van der Waals surface area contributed by atoms with Gasteiger partial charge in [0.1, 0.15) is 0 Å². The Kier molecular flexibility index (Phi) is 5.94. The van der Waals surface area contributed by atoms with Gasteiger partial charge in [0, 0.05) is 13.7 Å². The largest absolute Gasteiger partial charge is 0.383 e. The topological polar surface area (TPSA) is 84.5 Å². The molecule has 0 aliphatic heterocycles. The summed E-state index contributed by atoms with van der Waals surface area (Å²) in [6.07, 6.45) is 0. The molecule has 0 heterocycles. The second kappa shape index (κ2) is 7.22. The molecule has 1 aromatic carbocycles. The molecule has 0 bridgehead atoms. The van der Waals surface area contributed by atoms with Crippen LogP contribution in [0.4, 0.5) is 0 Å². The van der Waals surface area contributed by atoms with Crippen LogP contribution < -0.4 is 10.0 Å². The summed E-state index contributed by atoms with van der Waals surface area (Å²) in [5.74, 6) is -0.392. The van der Waals surface area contributed by atoms with Crippen molar-refractivity contribution < 1.29 is 17.9 Å². The first-order chi connectivity index (χ1) is 8.97. The zero-order valence-corrected chi connectivity index (χ0v) is 11.7. The maximum absolute atomic E-state index is 12.0. The lowest BCUT2D eigenvalue weighted by molar-refractivity contribution is -0.122. The van der Waals surface area contributed by atoms with Gasteiger partial charge in [-0.1, -0.05) is 18.2 Å². The van der Waals surface area contributed by atoms with E-state index in [0.29, 0.717) is 13.2 Å². The van der Waals surface area contributed by atoms with Gasteiger partial charge in [0.25, 0.3) is 0 Å². The van der Waals surface area contributed by atoms with Crippen molar-refractivity contribution in [2.75, 3.05) is 20.3 Å². The predicted octanol–water partition coefficient (Wildman–Crippen LogP) is 0.116. The van der Waals surface area contributed by atoms with Gasteiger partial charge in [-0.25, -0.2) is 8.42 Å². The van der Waals surface area contributed by atoms with E-state index in [0.717, 1.165) is 0 Å². The second-order valence-corrected chi connectivity index (χ2v) is 5.65. The Bertz CT molecular complexity index is 502. The maximum atomic E-state index is 12.0. The minimum atomic E-state index is -3.68. The van der Waals surface area contributed by atoms with E-state index in [-0.39, 0.29) is 4.90 Å². The van der Waals surface area contributed by atoms with Crippen molar-refractivity contribution in [1.82, 2.24) is 10.0 Å². The number of hydrogen-bond donors (Lipinski definition) is 2. The highest BCUT2D eigenvalue weighted by atomic mass is 32.2. The fourth-order valence-electron chi connectivity index (χ4n) is 1.38. The Hall–Kier alpha value is -1.44. The first-order valence-corrected chi connectivity index (χ1v) is 7.29. The molecule has 1 amide bonds. The van der Waals surface area contributed by atoms with E-state index >= 15 is 0 Å². The summed E-state index contributed by atoms with van der Waals surface area (Å²) in [6.45, 7) is 2.21. The van der Waals surface area contributed by atoms with E-state index in [1.807, 2.05) is 0 Å². The molecular weight excluding hydrogens is 268 g/mol. The van der Waals surface area contributed by atoms with Crippen LogP contribution in [-0.4, -0.2) is 40.6 Å². The summed E-state index contributed by atoms with van der Waals surface area (Å²) >= 11 is 0. The molecule has 2 N–H and O–H groups in total. The van der Waals surface area contributed by atoms with Crippen LogP contribution in [0.5, 0.6) is 0 Å². The molecule has 19 heavy (non-hydrogen) atoms. The molecule has 0 saturated heterocycles. The Morgan fingerprint density at radius 1 is 1.32 bits per heavy atom. The number of rotatable bonds is 7. The third kappa shape index (κ3) is 4.98. The number of ether oxygens (including phenoxy) is 1. The van der Waals surface area contributed by atoms with Gasteiger partial charge in [-0.05, 0) is 19.1 Å². The minimum Gasteiger partial charge on any atom is -0.383 e. The number of carbonyl (C=O) groups excluding carboxylic acids is 1. The van der Waals surface area contributed by atoms with Crippen molar-refractivity contribution in [3.05, 3.63) is 30.3 Å². The maximum Gasteiger partial charge on any atom is 0.241 e. The summed E-state index contributed by atoms with van der Waals surface area (Å²) in [5, 5.41) is 2.57. The molecule has 1 rings (SSSR count). The molecule has 0 spiro atoms. The molecule has 6 nitrogen and oxygen atoms in total. The number of carbonyl (C=O) groups is 1. The number of benzene rings is 1. The quantitative estimate of drug-likeness (QED) is 0.697. The first kappa shape index (κ1) is 15.6. The van der Waals surface area contributed by atoms with Crippen molar-refractivity contribution in [2.24, 2.45) is 0 Å². The molecule has 1 aromatic rings. The molecular formula is C12H18N2O4S. The Labute approximate surface area is 113 Å². The number of amides is 1. The Balaban J connectivity index is 2.61. The smallest absolute Gasteiger partial charge is 0.241 e. The standard InChI is InChI=1S/C12H18N2O4S/c1-10(12(15)13-8-9-18-2)14-19(16,17)11-6-4-3-5-7-11/h3-7,10,14H,8-9H2,1-2H3,(H,13,15). The van der Waals surface area contributed by atoms with Crippen molar-refractivity contribution in [3.8, 4) is 0 Å². The zero-order chi connectivity index (χ0) is 14.3. The van der Waals surface area contributed by atoms with Gasteiger partial charge in [-0.15, -0.1) is 0 Å². The normalized spacial score (nSPS) is 12.9. The zero-order valence-electron chi connectivity index (χ0n) is 10.9. The third-order valence-electron chi connectivity index (χ3n) is 2.38. The number of methoxy groups -OCH3 is 1. The van der Waals surface area contributed by atoms with E-state index in [2.05, 4.69) is 10.0 Å². The fourth-order valence-corrected chi connectivity index (χ4v) is 2.61. The van der Waals surface area contributed by atoms with E-state index in [1.165, 1.54) is 26.2 Å². The monoisotopic (exact) mass is 286 g/mol. The van der Waals surface area contributed by atoms with E-state index in [4.69, 9.17) is 4.74 Å². The molecule has 106 valence electrons. The average molecular weight is 286 g/mol. The lowest BCUT2D eigenvalue weighted by atomic mass is 10.3. The van der Waals surface area contributed by atoms with Gasteiger partial charge in [-0.3, -0.25) is 4.79 Å². The summed E-state index contributed by atoms with van der Waals surface area (Å²) in [6, 6.07) is 7.06. The fraction of sp³-hybridized carbons (Fsp3) is 0.417. The molecule has 7 heteroatoms. The summed E-state index contributed by atoms with van der Waals surface area (Å²) in [5.41, 5.74) is 0. The molecule has 0 aromatic heterocycles. The predicted molar refractivity (Wildman–Crippen MR) is 71.1 cm³/mol. The molecule has 0 saturated carbocycles. The third-order valence-corrected chi connectivity index (χ3v) is 3.94. The highest BCUT2D eigenvalue weighted by Gasteiger charge is 2.21. The summed E-state index contributed by atoms with van der Waals surface area (Å²) in [7, 11) is -2.16. The van der Waals surface area contributed by atoms with Crippen LogP contribution in [0.3, 0.4) is 0 Å². The highest BCUT2D eigenvalue weighted by molar-refractivity contribution is 7.89. The van der Waals surface area contributed by atoms with Gasteiger partial charge in [0.05, 0.1) is 17.5 Å². The number of sulfonamides is 1. The van der Waals surface area contributed by atoms with Crippen LogP contribution in [0.1, 0.15) is 6.92 Å². The van der Waals surface area contributed by atoms with Crippen molar-refractivity contribution >= 4 is 15.9 Å². The van der Waals surface area contributed by atoms with Crippen LogP contribution in [0.15, 0.2) is 35.2 Å². The molecule has 0 aliphatic rings. The highest BCUT2D eigenvalue weighted by Crippen LogP contribution is 2.07.